The van der Waals surface area contributed by atoms with E-state index in [9.17, 15) is 9.59 Å². The van der Waals surface area contributed by atoms with Gasteiger partial charge in [0.05, 0.1) is 6.42 Å². The van der Waals surface area contributed by atoms with Gasteiger partial charge < -0.3 is 19.7 Å². The molecule has 0 amide bonds. The molecule has 6 nitrogen and oxygen atoms in total. The highest BCUT2D eigenvalue weighted by Gasteiger charge is 2.21. The van der Waals surface area contributed by atoms with Crippen LogP contribution in [-0.4, -0.2) is 44.8 Å². The van der Waals surface area contributed by atoms with E-state index in [1.165, 1.54) is 16.8 Å². The van der Waals surface area contributed by atoms with Gasteiger partial charge in [0, 0.05) is 30.3 Å². The molecule has 1 unspecified atom stereocenters. The summed E-state index contributed by atoms with van der Waals surface area (Å²) in [5, 5.41) is 6.65. The standard InChI is InChI=1S/C37H41N2O4/c1-6-38-30-18-13-27(14-19-30)36(28-15-20-31(21-16-28)39(7-2)8-3)34-22-17-29(32-11-9-10-12-33(32)34)25-35(40)42-23-24-43-37(41)26(4)5/h9-22,36H,4,6-8,23-25H2,1-3,5H3/q-1. The zero-order valence-corrected chi connectivity index (χ0v) is 25.6. The minimum Gasteiger partial charge on any atom is -0.685 e. The minimum atomic E-state index is -0.496. The van der Waals surface area contributed by atoms with Crippen LogP contribution >= 0.6 is 0 Å². The van der Waals surface area contributed by atoms with Gasteiger partial charge in [-0.15, -0.1) is 12.2 Å². The number of anilines is 1. The highest BCUT2D eigenvalue weighted by Crippen LogP contribution is 2.38. The van der Waals surface area contributed by atoms with E-state index in [1.807, 2.05) is 25.1 Å². The third kappa shape index (κ3) is 7.83. The van der Waals surface area contributed by atoms with Crippen molar-refractivity contribution < 1.29 is 19.1 Å². The van der Waals surface area contributed by atoms with E-state index in [2.05, 4.69) is 97.4 Å². The first-order valence-electron chi connectivity index (χ1n) is 15.0. The smallest absolute Gasteiger partial charge is 0.333 e. The van der Waals surface area contributed by atoms with Crippen LogP contribution in [0.1, 0.15) is 55.9 Å². The number of carbonyl (C=O) groups excluding carboxylic acids is 2. The molecule has 0 aromatic heterocycles. The Balaban J connectivity index is 1.67. The van der Waals surface area contributed by atoms with Crippen molar-refractivity contribution in [3.8, 4) is 0 Å². The SMILES string of the molecule is C=C(C)C(=O)OCCOC(=O)Cc1ccc(C(c2ccc([N-]CC)cc2)c2ccc(N(CC)CC)cc2)c2ccccc12. The molecule has 0 saturated heterocycles. The van der Waals surface area contributed by atoms with Crippen molar-refractivity contribution in [2.45, 2.75) is 40.0 Å². The fourth-order valence-electron chi connectivity index (χ4n) is 5.38. The second-order valence-corrected chi connectivity index (χ2v) is 10.4. The van der Waals surface area contributed by atoms with Crippen molar-refractivity contribution in [2.75, 3.05) is 37.7 Å². The second kappa shape index (κ2) is 15.1. The number of fused-ring (bicyclic) bond motifs is 1. The summed E-state index contributed by atoms with van der Waals surface area (Å²) in [7, 11) is 0. The Morgan fingerprint density at radius 2 is 1.40 bits per heavy atom. The Kier molecular flexibility index (Phi) is 11.0. The molecule has 0 aliphatic rings. The van der Waals surface area contributed by atoms with E-state index in [1.54, 1.807) is 6.92 Å². The van der Waals surface area contributed by atoms with Gasteiger partial charge in [0.15, 0.2) is 0 Å². The summed E-state index contributed by atoms with van der Waals surface area (Å²) in [6.45, 7) is 14.2. The lowest BCUT2D eigenvalue weighted by Gasteiger charge is -2.25. The molecule has 4 aromatic rings. The molecule has 224 valence electrons. The van der Waals surface area contributed by atoms with Gasteiger partial charge in [-0.05, 0) is 65.9 Å². The summed E-state index contributed by atoms with van der Waals surface area (Å²) in [6, 6.07) is 29.7. The van der Waals surface area contributed by atoms with Gasteiger partial charge in [-0.2, -0.15) is 0 Å². The lowest BCUT2D eigenvalue weighted by atomic mass is 9.81. The zero-order chi connectivity index (χ0) is 30.8. The van der Waals surface area contributed by atoms with Crippen LogP contribution in [0.4, 0.5) is 11.4 Å². The lowest BCUT2D eigenvalue weighted by Crippen LogP contribution is -2.21. The second-order valence-electron chi connectivity index (χ2n) is 10.4. The Morgan fingerprint density at radius 1 is 0.791 bits per heavy atom. The van der Waals surface area contributed by atoms with Gasteiger partial charge in [0.2, 0.25) is 0 Å². The molecule has 4 rings (SSSR count). The number of benzene rings is 4. The van der Waals surface area contributed by atoms with Crippen LogP contribution in [0.5, 0.6) is 0 Å². The maximum absolute atomic E-state index is 12.7. The molecule has 1 atom stereocenters. The Morgan fingerprint density at radius 3 is 2.00 bits per heavy atom. The molecule has 0 spiro atoms. The lowest BCUT2D eigenvalue weighted by molar-refractivity contribution is -0.149. The van der Waals surface area contributed by atoms with Crippen LogP contribution in [0.15, 0.2) is 97.1 Å². The van der Waals surface area contributed by atoms with Crippen molar-refractivity contribution in [1.82, 2.24) is 0 Å². The summed E-state index contributed by atoms with van der Waals surface area (Å²) >= 11 is 0. The monoisotopic (exact) mass is 577 g/mol. The number of nitrogens with zero attached hydrogens (tertiary/aromatic N) is 2. The maximum atomic E-state index is 12.7. The largest absolute Gasteiger partial charge is 0.685 e. The summed E-state index contributed by atoms with van der Waals surface area (Å²) in [5.41, 5.74) is 6.90. The first-order chi connectivity index (χ1) is 20.9. The van der Waals surface area contributed by atoms with Crippen molar-refractivity contribution >= 4 is 34.1 Å². The molecule has 0 fully saturated rings. The number of hydrogen-bond acceptors (Lipinski definition) is 5. The first kappa shape index (κ1) is 31.4. The molecule has 6 heteroatoms. The third-order valence-corrected chi connectivity index (χ3v) is 7.54. The quantitative estimate of drug-likeness (QED) is 0.0656. The topological polar surface area (TPSA) is 69.9 Å². The van der Waals surface area contributed by atoms with Gasteiger partial charge in [-0.1, -0.05) is 86.3 Å². The maximum Gasteiger partial charge on any atom is 0.333 e. The Labute approximate surface area is 255 Å². The van der Waals surface area contributed by atoms with E-state index in [4.69, 9.17) is 9.47 Å². The van der Waals surface area contributed by atoms with Gasteiger partial charge in [0.1, 0.15) is 13.2 Å². The fourth-order valence-corrected chi connectivity index (χ4v) is 5.38. The van der Waals surface area contributed by atoms with Crippen molar-refractivity contribution in [1.29, 1.82) is 0 Å². The highest BCUT2D eigenvalue weighted by atomic mass is 16.6. The average Bonchev–Trinajstić information content (AvgIpc) is 3.02. The van der Waals surface area contributed by atoms with E-state index in [-0.39, 0.29) is 31.5 Å². The van der Waals surface area contributed by atoms with Crippen LogP contribution in [0.25, 0.3) is 16.1 Å². The van der Waals surface area contributed by atoms with E-state index in [0.717, 1.165) is 47.2 Å². The van der Waals surface area contributed by atoms with E-state index in [0.29, 0.717) is 5.57 Å². The van der Waals surface area contributed by atoms with Crippen LogP contribution in [0.3, 0.4) is 0 Å². The number of ether oxygens (including phenoxy) is 2. The molecule has 0 bridgehead atoms. The molecule has 4 aromatic carbocycles. The van der Waals surface area contributed by atoms with Crippen LogP contribution in [0.2, 0.25) is 0 Å². The Hall–Kier alpha value is -4.58. The molecular formula is C37H41N2O4-. The summed E-state index contributed by atoms with van der Waals surface area (Å²) < 4.78 is 10.4. The molecule has 0 saturated carbocycles. The van der Waals surface area contributed by atoms with Gasteiger partial charge >= 0.3 is 11.9 Å². The highest BCUT2D eigenvalue weighted by molar-refractivity contribution is 5.92. The third-order valence-electron chi connectivity index (χ3n) is 7.54. The first-order valence-corrected chi connectivity index (χ1v) is 15.0. The van der Waals surface area contributed by atoms with Gasteiger partial charge in [0.25, 0.3) is 0 Å². The average molecular weight is 578 g/mol. The number of hydrogen-bond donors (Lipinski definition) is 0. The predicted molar refractivity (Wildman–Crippen MR) is 175 cm³/mol. The minimum absolute atomic E-state index is 0.000256. The van der Waals surface area contributed by atoms with Gasteiger partial charge in [-0.3, -0.25) is 4.79 Å². The van der Waals surface area contributed by atoms with E-state index >= 15 is 0 Å². The van der Waals surface area contributed by atoms with Gasteiger partial charge in [-0.25, -0.2) is 4.79 Å². The fraction of sp³-hybridized carbons (Fsp3) is 0.297. The molecule has 0 aliphatic carbocycles. The molecule has 0 heterocycles. The number of carbonyl (C=O) groups is 2. The summed E-state index contributed by atoms with van der Waals surface area (Å²) in [4.78, 5) is 26.6. The van der Waals surface area contributed by atoms with E-state index < -0.39 is 5.97 Å². The molecular weight excluding hydrogens is 536 g/mol. The Bertz CT molecular complexity index is 1540. The predicted octanol–water partition coefficient (Wildman–Crippen LogP) is 8.10. The molecule has 43 heavy (non-hydrogen) atoms. The zero-order valence-electron chi connectivity index (χ0n) is 25.6. The van der Waals surface area contributed by atoms with Crippen molar-refractivity contribution in [2.24, 2.45) is 0 Å². The molecule has 0 aliphatic heterocycles. The van der Waals surface area contributed by atoms with Crippen LogP contribution in [-0.2, 0) is 25.5 Å². The summed E-state index contributed by atoms with van der Waals surface area (Å²) in [5.74, 6) is -0.886. The molecule has 0 N–H and O–H groups in total. The van der Waals surface area contributed by atoms with Crippen LogP contribution < -0.4 is 4.90 Å². The molecule has 0 radical (unpaired) electrons. The van der Waals surface area contributed by atoms with Crippen LogP contribution in [0, 0.1) is 0 Å². The number of rotatable bonds is 14. The summed E-state index contributed by atoms with van der Waals surface area (Å²) in [6.07, 6.45) is 0.117. The normalized spacial score (nSPS) is 11.5. The van der Waals surface area contributed by atoms with Crippen molar-refractivity contribution in [3.63, 3.8) is 0 Å². The number of esters is 2. The van der Waals surface area contributed by atoms with Crippen molar-refractivity contribution in [3.05, 3.63) is 125 Å².